The van der Waals surface area contributed by atoms with Crippen LogP contribution in [0, 0.1) is 88.8 Å². The molecule has 0 unspecified atom stereocenters. The van der Waals surface area contributed by atoms with E-state index in [0.717, 1.165) is 40.2 Å². The Morgan fingerprint density at radius 2 is 0.667 bits per heavy atom. The van der Waals surface area contributed by atoms with Crippen molar-refractivity contribution in [1.29, 1.82) is 0 Å². The van der Waals surface area contributed by atoms with Gasteiger partial charge in [-0.15, -0.1) is 0 Å². The normalized spacial score (nSPS) is 10.8. The minimum absolute atomic E-state index is 0. The average Bonchev–Trinajstić information content (AvgIpc) is 3.24. The van der Waals surface area contributed by atoms with E-state index in [4.69, 9.17) is 36.5 Å². The number of methoxy groups -OCH3 is 2. The topological polar surface area (TPSA) is 115 Å². The van der Waals surface area contributed by atoms with Gasteiger partial charge >= 0.3 is 5.90 Å². The predicted octanol–water partition coefficient (Wildman–Crippen LogP) is 22.4. The minimum atomic E-state index is -0.417. The molecular weight excluding hydrogens is 1030 g/mol. The van der Waals surface area contributed by atoms with Gasteiger partial charge in [0, 0.05) is 67.6 Å². The summed E-state index contributed by atoms with van der Waals surface area (Å²) in [4.78, 5) is 39.2. The lowest BCUT2D eigenvalue weighted by Gasteiger charge is -2.38. The summed E-state index contributed by atoms with van der Waals surface area (Å²) in [7, 11) is 6.91. The molecule has 0 fully saturated rings. The van der Waals surface area contributed by atoms with Crippen LogP contribution in [0.1, 0.15) is 295 Å². The van der Waals surface area contributed by atoms with Crippen molar-refractivity contribution in [3.8, 4) is 0 Å². The van der Waals surface area contributed by atoms with Gasteiger partial charge in [0.2, 0.25) is 11.6 Å². The van der Waals surface area contributed by atoms with Crippen LogP contribution in [0.2, 0.25) is 0 Å². The smallest absolute Gasteiger partial charge is 0.387 e. The lowest BCUT2D eigenvalue weighted by molar-refractivity contribution is -0.761. The molecule has 0 aromatic carbocycles. The van der Waals surface area contributed by atoms with Gasteiger partial charge in [0.25, 0.3) is 0 Å². The Labute approximate surface area is 522 Å². The molecule has 0 amide bonds. The summed E-state index contributed by atoms with van der Waals surface area (Å²) in [5.74, 6) is 7.35. The van der Waals surface area contributed by atoms with Crippen molar-refractivity contribution in [2.24, 2.45) is 88.8 Å². The van der Waals surface area contributed by atoms with E-state index in [0.29, 0.717) is 41.4 Å². The van der Waals surface area contributed by atoms with Crippen molar-refractivity contribution in [2.75, 3.05) is 28.3 Å². The highest BCUT2D eigenvalue weighted by Gasteiger charge is 2.37. The van der Waals surface area contributed by atoms with Crippen LogP contribution < -0.4 is 0 Å². The van der Waals surface area contributed by atoms with Crippen molar-refractivity contribution in [3.05, 3.63) is 0 Å². The number of nitrogens with zero attached hydrogens (tertiary/aromatic N) is 2. The molecule has 0 bridgehead atoms. The van der Waals surface area contributed by atoms with Gasteiger partial charge in [0.1, 0.15) is 5.78 Å². The van der Waals surface area contributed by atoms with Crippen LogP contribution in [0.5, 0.6) is 0 Å². The van der Waals surface area contributed by atoms with E-state index < -0.39 is 5.79 Å². The first kappa shape index (κ1) is 121. The van der Waals surface area contributed by atoms with Gasteiger partial charge in [0.05, 0.1) is 18.1 Å². The maximum Gasteiger partial charge on any atom is 0.387 e. The van der Waals surface area contributed by atoms with Gasteiger partial charge in [-0.1, -0.05) is 252 Å². The molecule has 81 heavy (non-hydrogen) atoms. The van der Waals surface area contributed by atoms with Crippen LogP contribution in [0.25, 0.3) is 0 Å². The van der Waals surface area contributed by atoms with Crippen LogP contribution in [-0.2, 0) is 33.4 Å². The number of ketones is 3. The first-order valence-electron chi connectivity index (χ1n) is 28.3. The quantitative estimate of drug-likeness (QED) is 0.0185. The average molecular weight is 1200 g/mol. The first-order chi connectivity index (χ1) is 32.7. The Hall–Kier alpha value is -1.79. The van der Waals surface area contributed by atoms with Gasteiger partial charge in [-0.05, 0) is 108 Å². The summed E-state index contributed by atoms with van der Waals surface area (Å²) in [6.45, 7) is 70.6. The first-order valence-corrected chi connectivity index (χ1v) is 28.7. The molecule has 1 N–H and O–H groups in total. The number of carbonyl (C=O) groups is 3. The SMILES string of the molecule is C.C.C.C.C.C.C.C.CC(C)C(=O)C(=O)C(C)C.CC(C)C(=O)C(C)C.CC(C)C(=S)C(C)C.CC(C)C(C)C(C)C.CC(C)C(C)C(C)C.CC(C)O/C(C(C)C)=[N+](\C)O.CC(C)ON(C)C(C)C.COC(OC)(C(C)C)C(C)C. The van der Waals surface area contributed by atoms with E-state index in [1.165, 1.54) is 4.86 Å². The van der Waals surface area contributed by atoms with E-state index in [9.17, 15) is 14.4 Å². The Bertz CT molecular complexity index is 1250. The molecule has 0 aliphatic carbocycles. The van der Waals surface area contributed by atoms with Crippen LogP contribution in [-0.4, -0.2) is 95.5 Å². The molecule has 0 saturated carbocycles. The molecule has 0 aromatic heterocycles. The number of hydroxylamine groups is 3. The number of carbonyl (C=O) groups excluding carboxylic acids is 3. The van der Waals surface area contributed by atoms with Crippen molar-refractivity contribution in [2.45, 2.75) is 319 Å². The largest absolute Gasteiger partial charge is 0.442 e. The fourth-order valence-corrected chi connectivity index (χ4v) is 6.42. The Morgan fingerprint density at radius 3 is 0.704 bits per heavy atom. The van der Waals surface area contributed by atoms with Crippen molar-refractivity contribution in [1.82, 2.24) is 5.06 Å². The molecule has 10 nitrogen and oxygen atoms in total. The van der Waals surface area contributed by atoms with Crippen LogP contribution in [0.3, 0.4) is 0 Å². The maximum absolute atomic E-state index is 10.9. The summed E-state index contributed by atoms with van der Waals surface area (Å²) in [6.07, 6.45) is 0.402. The molecule has 0 saturated heterocycles. The van der Waals surface area contributed by atoms with Crippen LogP contribution in [0.15, 0.2) is 0 Å². The number of Topliss-reactive ketones (excluding diaryl/α,β-unsaturated/α-hetero) is 3. The highest BCUT2D eigenvalue weighted by atomic mass is 32.1. The van der Waals surface area contributed by atoms with Crippen molar-refractivity contribution in [3.63, 3.8) is 0 Å². The lowest BCUT2D eigenvalue weighted by atomic mass is 9.88. The van der Waals surface area contributed by atoms with Gasteiger partial charge in [-0.2, -0.15) is 5.06 Å². The van der Waals surface area contributed by atoms with Gasteiger partial charge in [-0.3, -0.25) is 24.4 Å². The Kier molecular flexibility index (Phi) is 101. The zero-order chi connectivity index (χ0) is 60.8. The second-order valence-electron chi connectivity index (χ2n) is 24.6. The molecule has 11 heteroatoms. The molecule has 0 radical (unpaired) electrons. The number of hydrogen-bond donors (Lipinski definition) is 1. The fraction of sp³-hybridized carbons (Fsp3) is 0.929. The summed E-state index contributed by atoms with van der Waals surface area (Å²) in [6, 6.07) is 0.465. The molecule has 0 aromatic rings. The molecule has 508 valence electrons. The zero-order valence-corrected chi connectivity index (χ0v) is 56.8. The van der Waals surface area contributed by atoms with Crippen LogP contribution >= 0.6 is 12.2 Å². The second kappa shape index (κ2) is 67.3. The highest BCUT2D eigenvalue weighted by molar-refractivity contribution is 7.80. The summed E-state index contributed by atoms with van der Waals surface area (Å²) < 4.78 is 17.2. The summed E-state index contributed by atoms with van der Waals surface area (Å²) >= 11 is 5.10. The van der Waals surface area contributed by atoms with Gasteiger partial charge in [-0.25, -0.2) is 0 Å². The standard InChI is InChI=1S/C9H20O2.C8H18NO2.C8H14O2.2C8H18.C7H17NO.C7H14O.C7H14S.8CH4/c1-7(2)9(10-5,11-6)8(3)4;1-6(2)8(9(5)10)11-7(3)4;1-5(2)7(9)8(10)6(3)4;2*1-6(2)8(5)7(3)4;1-6(2)8(5)9-7(3)4;2*1-5(2)7(8)6(3)4;;;;;;;;/h7-8H,1-6H3;6-7,10H,1-5H3;5-6H,1-4H3;2*6-8H,1-5H3;6-7H,1-5H3;2*5-6H,1-4H3;8*1H4/q;+1;;;;;;;;;;;;;;/b;9-8+;;;;;;;;;;;;;;. The molecular formula is C70H165N2O8S+. The molecule has 0 heterocycles. The maximum atomic E-state index is 10.9. The third-order valence-corrected chi connectivity index (χ3v) is 13.2. The minimum Gasteiger partial charge on any atom is -0.442 e. The third-order valence-electron chi connectivity index (χ3n) is 12.3. The Balaban J connectivity index is -0.0000000421. The molecule has 0 spiro atoms. The fourth-order valence-electron chi connectivity index (χ4n) is 6.42. The van der Waals surface area contributed by atoms with Crippen molar-refractivity contribution < 1.29 is 43.4 Å². The second-order valence-corrected chi connectivity index (χ2v) is 25.0. The Morgan fingerprint density at radius 1 is 0.420 bits per heavy atom. The number of ether oxygens (including phenoxy) is 3. The van der Waals surface area contributed by atoms with E-state index in [1.807, 2.05) is 81.3 Å². The van der Waals surface area contributed by atoms with Gasteiger partial charge in [0.15, 0.2) is 12.8 Å². The van der Waals surface area contributed by atoms with Crippen molar-refractivity contribution >= 4 is 40.3 Å². The number of rotatable bonds is 20. The third kappa shape index (κ3) is 70.6. The highest BCUT2D eigenvalue weighted by Crippen LogP contribution is 2.30. The molecule has 0 rings (SSSR count). The van der Waals surface area contributed by atoms with E-state index in [1.54, 1.807) is 49.0 Å². The summed E-state index contributed by atoms with van der Waals surface area (Å²) in [5, 5.41) is 11.0. The molecule has 0 atom stereocenters. The monoisotopic (exact) mass is 1190 g/mol. The number of hydrogen-bond acceptors (Lipinski definition) is 10. The van der Waals surface area contributed by atoms with Crippen LogP contribution in [0.4, 0.5) is 0 Å². The number of thiocarbonyl (C=S) groups is 1. The molecule has 0 aliphatic heterocycles. The van der Waals surface area contributed by atoms with Gasteiger partial charge < -0.3 is 14.2 Å². The lowest BCUT2D eigenvalue weighted by Crippen LogP contribution is -2.44. The van der Waals surface area contributed by atoms with E-state index in [-0.39, 0.29) is 113 Å². The molecule has 0 aliphatic rings. The summed E-state index contributed by atoms with van der Waals surface area (Å²) in [5.41, 5.74) is 0. The van der Waals surface area contributed by atoms with E-state index in [2.05, 4.69) is 138 Å². The van der Waals surface area contributed by atoms with E-state index >= 15 is 0 Å². The zero-order valence-electron chi connectivity index (χ0n) is 56.0. The predicted molar refractivity (Wildman–Crippen MR) is 378 cm³/mol.